The first-order valence-electron chi connectivity index (χ1n) is 6.63. The summed E-state index contributed by atoms with van der Waals surface area (Å²) in [7, 11) is 1.54. The van der Waals surface area contributed by atoms with Crippen LogP contribution >= 0.6 is 15.9 Å². The molecule has 2 N–H and O–H groups in total. The van der Waals surface area contributed by atoms with Crippen LogP contribution in [0.5, 0.6) is 5.75 Å². The summed E-state index contributed by atoms with van der Waals surface area (Å²) in [6, 6.07) is 14.1. The maximum Gasteiger partial charge on any atom is 0.329 e. The number of amides is 2. The number of carbonyl (C=O) groups excluding carboxylic acids is 2. The maximum atomic E-state index is 11.8. The Balaban J connectivity index is 1.93. The zero-order valence-electron chi connectivity index (χ0n) is 12.2. The van der Waals surface area contributed by atoms with Gasteiger partial charge in [0.15, 0.2) is 0 Å². The maximum absolute atomic E-state index is 11.8. The second kappa shape index (κ2) is 8.09. The van der Waals surface area contributed by atoms with E-state index in [1.165, 1.54) is 13.3 Å². The lowest BCUT2D eigenvalue weighted by Crippen LogP contribution is -2.32. The van der Waals surface area contributed by atoms with Gasteiger partial charge in [-0.3, -0.25) is 9.59 Å². The molecule has 0 heterocycles. The zero-order valence-corrected chi connectivity index (χ0v) is 13.8. The Morgan fingerprint density at radius 3 is 2.65 bits per heavy atom. The highest BCUT2D eigenvalue weighted by atomic mass is 79.9. The summed E-state index contributed by atoms with van der Waals surface area (Å²) < 4.78 is 5.95. The van der Waals surface area contributed by atoms with Crippen molar-refractivity contribution < 1.29 is 14.3 Å². The number of carbonyl (C=O) groups is 2. The van der Waals surface area contributed by atoms with Crippen LogP contribution in [0.1, 0.15) is 5.56 Å². The Kier molecular flexibility index (Phi) is 5.87. The number of nitrogens with one attached hydrogen (secondary N) is 2. The molecule has 0 aliphatic carbocycles. The number of hydrazone groups is 1. The fraction of sp³-hybridized carbons (Fsp3) is 0.0625. The van der Waals surface area contributed by atoms with Crippen molar-refractivity contribution >= 4 is 39.6 Å². The van der Waals surface area contributed by atoms with Gasteiger partial charge in [0.05, 0.1) is 13.3 Å². The number of para-hydroxylation sites is 1. The van der Waals surface area contributed by atoms with E-state index in [-0.39, 0.29) is 0 Å². The molecule has 2 rings (SSSR count). The van der Waals surface area contributed by atoms with Gasteiger partial charge in [-0.1, -0.05) is 34.1 Å². The van der Waals surface area contributed by atoms with Gasteiger partial charge in [0.1, 0.15) is 5.75 Å². The number of halogens is 1. The number of benzene rings is 2. The van der Waals surface area contributed by atoms with Crippen molar-refractivity contribution in [3.05, 3.63) is 58.6 Å². The molecule has 7 heteroatoms. The number of hydrogen-bond acceptors (Lipinski definition) is 4. The van der Waals surface area contributed by atoms with E-state index in [0.717, 1.165) is 4.47 Å². The first-order valence-corrected chi connectivity index (χ1v) is 7.42. The predicted octanol–water partition coefficient (Wildman–Crippen LogP) is 2.55. The van der Waals surface area contributed by atoms with Crippen LogP contribution in [0.2, 0.25) is 0 Å². The molecule has 2 amide bonds. The molecule has 0 saturated carbocycles. The summed E-state index contributed by atoms with van der Waals surface area (Å²) in [6.07, 6.45) is 1.41. The molecule has 6 nitrogen and oxygen atoms in total. The van der Waals surface area contributed by atoms with Crippen molar-refractivity contribution in [3.8, 4) is 5.75 Å². The average Bonchev–Trinajstić information content (AvgIpc) is 2.55. The SMILES string of the molecule is COc1ccccc1/C=N\NC(=O)C(=O)Nc1cccc(Br)c1. The van der Waals surface area contributed by atoms with Gasteiger partial charge in [-0.05, 0) is 30.3 Å². The van der Waals surface area contributed by atoms with E-state index < -0.39 is 11.8 Å². The van der Waals surface area contributed by atoms with Crippen LogP contribution in [0, 0.1) is 0 Å². The minimum absolute atomic E-state index is 0.508. The van der Waals surface area contributed by atoms with E-state index in [0.29, 0.717) is 17.0 Å². The zero-order chi connectivity index (χ0) is 16.7. The van der Waals surface area contributed by atoms with Crippen LogP contribution in [0.25, 0.3) is 0 Å². The molecule has 0 bridgehead atoms. The minimum Gasteiger partial charge on any atom is -0.496 e. The lowest BCUT2D eigenvalue weighted by atomic mass is 10.2. The number of ether oxygens (including phenoxy) is 1. The van der Waals surface area contributed by atoms with Crippen LogP contribution in [-0.2, 0) is 9.59 Å². The van der Waals surface area contributed by atoms with Crippen LogP contribution in [0.15, 0.2) is 58.1 Å². The highest BCUT2D eigenvalue weighted by Crippen LogP contribution is 2.15. The molecule has 2 aromatic rings. The van der Waals surface area contributed by atoms with E-state index in [2.05, 4.69) is 31.8 Å². The molecular formula is C16H14BrN3O3. The smallest absolute Gasteiger partial charge is 0.329 e. The number of nitrogens with zero attached hydrogens (tertiary/aromatic N) is 1. The van der Waals surface area contributed by atoms with Gasteiger partial charge in [0.2, 0.25) is 0 Å². The van der Waals surface area contributed by atoms with E-state index in [9.17, 15) is 9.59 Å². The van der Waals surface area contributed by atoms with Gasteiger partial charge in [0, 0.05) is 15.7 Å². The van der Waals surface area contributed by atoms with E-state index in [1.807, 2.05) is 18.2 Å². The second-order valence-corrected chi connectivity index (χ2v) is 5.32. The third-order valence-electron chi connectivity index (χ3n) is 2.80. The summed E-state index contributed by atoms with van der Waals surface area (Å²) >= 11 is 3.28. The molecule has 0 saturated heterocycles. The van der Waals surface area contributed by atoms with Gasteiger partial charge in [-0.2, -0.15) is 5.10 Å². The molecule has 0 spiro atoms. The van der Waals surface area contributed by atoms with Gasteiger partial charge in [-0.25, -0.2) is 5.43 Å². The normalized spacial score (nSPS) is 10.3. The third-order valence-corrected chi connectivity index (χ3v) is 3.29. The minimum atomic E-state index is -0.865. The first kappa shape index (κ1) is 16.7. The highest BCUT2D eigenvalue weighted by Gasteiger charge is 2.12. The molecule has 0 aliphatic rings. The van der Waals surface area contributed by atoms with Crippen molar-refractivity contribution in [1.29, 1.82) is 0 Å². The van der Waals surface area contributed by atoms with Gasteiger partial charge < -0.3 is 10.1 Å². The van der Waals surface area contributed by atoms with Gasteiger partial charge >= 0.3 is 11.8 Å². The van der Waals surface area contributed by atoms with Crippen molar-refractivity contribution in [2.75, 3.05) is 12.4 Å². The van der Waals surface area contributed by atoms with E-state index in [1.54, 1.807) is 30.3 Å². The Morgan fingerprint density at radius 2 is 1.91 bits per heavy atom. The highest BCUT2D eigenvalue weighted by molar-refractivity contribution is 9.10. The van der Waals surface area contributed by atoms with E-state index >= 15 is 0 Å². The largest absolute Gasteiger partial charge is 0.496 e. The Labute approximate surface area is 141 Å². The number of rotatable bonds is 4. The van der Waals surface area contributed by atoms with Gasteiger partial charge in [-0.15, -0.1) is 0 Å². The van der Waals surface area contributed by atoms with Crippen molar-refractivity contribution in [2.45, 2.75) is 0 Å². The fourth-order valence-corrected chi connectivity index (χ4v) is 2.14. The van der Waals surface area contributed by atoms with Crippen LogP contribution in [-0.4, -0.2) is 25.1 Å². The summed E-state index contributed by atoms with van der Waals surface area (Å²) in [5.41, 5.74) is 3.36. The average molecular weight is 376 g/mol. The van der Waals surface area contributed by atoms with E-state index in [4.69, 9.17) is 4.74 Å². The summed E-state index contributed by atoms with van der Waals surface area (Å²) in [5.74, 6) is -1.06. The predicted molar refractivity (Wildman–Crippen MR) is 91.5 cm³/mol. The third kappa shape index (κ3) is 4.93. The van der Waals surface area contributed by atoms with Crippen LogP contribution in [0.4, 0.5) is 5.69 Å². The molecule has 0 aliphatic heterocycles. The topological polar surface area (TPSA) is 79.8 Å². The molecule has 118 valence electrons. The summed E-state index contributed by atoms with van der Waals surface area (Å²) in [4.78, 5) is 23.4. The molecule has 0 unspecified atom stereocenters. The van der Waals surface area contributed by atoms with Crippen molar-refractivity contribution in [1.82, 2.24) is 5.43 Å². The summed E-state index contributed by atoms with van der Waals surface area (Å²) in [5, 5.41) is 6.23. The molecule has 0 radical (unpaired) electrons. The first-order chi connectivity index (χ1) is 11.1. The van der Waals surface area contributed by atoms with Crippen LogP contribution < -0.4 is 15.5 Å². The number of anilines is 1. The molecule has 0 atom stereocenters. The lowest BCUT2D eigenvalue weighted by molar-refractivity contribution is -0.136. The van der Waals surface area contributed by atoms with Crippen LogP contribution in [0.3, 0.4) is 0 Å². The molecule has 2 aromatic carbocycles. The molecule has 0 fully saturated rings. The summed E-state index contributed by atoms with van der Waals surface area (Å²) in [6.45, 7) is 0. The fourth-order valence-electron chi connectivity index (χ4n) is 1.74. The lowest BCUT2D eigenvalue weighted by Gasteiger charge is -2.05. The van der Waals surface area contributed by atoms with Crippen molar-refractivity contribution in [3.63, 3.8) is 0 Å². The Morgan fingerprint density at radius 1 is 1.13 bits per heavy atom. The Hall–Kier alpha value is -2.67. The standard InChI is InChI=1S/C16H14BrN3O3/c1-23-14-8-3-2-5-11(14)10-18-20-16(22)15(21)19-13-7-4-6-12(17)9-13/h2-10H,1H3,(H,19,21)(H,20,22)/b18-10-. The quantitative estimate of drug-likeness (QED) is 0.489. The number of hydrogen-bond donors (Lipinski definition) is 2. The number of methoxy groups -OCH3 is 1. The molecule has 0 aromatic heterocycles. The molecule has 23 heavy (non-hydrogen) atoms. The second-order valence-electron chi connectivity index (χ2n) is 4.41. The Bertz CT molecular complexity index is 747. The molecular weight excluding hydrogens is 362 g/mol. The van der Waals surface area contributed by atoms with Crippen molar-refractivity contribution in [2.24, 2.45) is 5.10 Å². The monoisotopic (exact) mass is 375 g/mol. The van der Waals surface area contributed by atoms with Gasteiger partial charge in [0.25, 0.3) is 0 Å².